The molecule has 13 heteroatoms. The number of likely N-dealkylation sites (tertiary alicyclic amines) is 2. The Morgan fingerprint density at radius 2 is 1.81 bits per heavy atom. The van der Waals surface area contributed by atoms with Crippen molar-refractivity contribution in [3.8, 4) is 0 Å². The number of aromatic nitrogens is 1. The number of esters is 2. The van der Waals surface area contributed by atoms with E-state index in [4.69, 9.17) is 14.2 Å². The molecule has 2 unspecified atom stereocenters. The third-order valence-electron chi connectivity index (χ3n) is 8.12. The second kappa shape index (κ2) is 13.2. The van der Waals surface area contributed by atoms with Gasteiger partial charge in [-0.1, -0.05) is 6.07 Å². The van der Waals surface area contributed by atoms with E-state index in [1.807, 2.05) is 0 Å². The van der Waals surface area contributed by atoms with Crippen LogP contribution >= 0.6 is 0 Å². The minimum Gasteiger partial charge on any atom is -0.480 e. The van der Waals surface area contributed by atoms with Crippen LogP contribution in [0.25, 0.3) is 0 Å². The number of methoxy groups -OCH3 is 2. The summed E-state index contributed by atoms with van der Waals surface area (Å²) in [5.41, 5.74) is -3.38. The van der Waals surface area contributed by atoms with Crippen LogP contribution in [0.3, 0.4) is 0 Å². The molecule has 2 saturated heterocycles. The normalized spacial score (nSPS) is 26.9. The molecule has 2 N–H and O–H groups in total. The van der Waals surface area contributed by atoms with Gasteiger partial charge in [-0.05, 0) is 59.2 Å². The molecular weight excluding hydrogens is 548 g/mol. The fraction of sp³-hybridized carbons (Fsp3) is 0.655. The number of alkyl carbamates (subject to hydrolysis) is 1. The van der Waals surface area contributed by atoms with Crippen LogP contribution in [-0.2, 0) is 33.4 Å². The zero-order valence-electron chi connectivity index (χ0n) is 25.1. The van der Waals surface area contributed by atoms with Crippen LogP contribution < -0.4 is 5.32 Å². The first kappa shape index (κ1) is 32.9. The number of unbranched alkanes of at least 4 members (excludes halogenated alkanes) is 1. The largest absolute Gasteiger partial charge is 0.480 e. The highest BCUT2D eigenvalue weighted by Gasteiger charge is 2.72. The first-order chi connectivity index (χ1) is 19.8. The highest BCUT2D eigenvalue weighted by atomic mass is 16.6. The number of hydrogen-bond acceptors (Lipinski definition) is 11. The molecule has 0 spiro atoms. The van der Waals surface area contributed by atoms with Gasteiger partial charge in [-0.2, -0.15) is 0 Å². The number of carbonyl (C=O) groups excluding carboxylic acids is 4. The predicted octanol–water partition coefficient (Wildman–Crippen LogP) is 1.67. The van der Waals surface area contributed by atoms with Crippen LogP contribution in [-0.4, -0.2) is 109 Å². The lowest BCUT2D eigenvalue weighted by Crippen LogP contribution is -2.75. The summed E-state index contributed by atoms with van der Waals surface area (Å²) in [6, 6.07) is 3.31. The van der Waals surface area contributed by atoms with Gasteiger partial charge in [0, 0.05) is 32.4 Å². The summed E-state index contributed by atoms with van der Waals surface area (Å²) in [6.07, 6.45) is 2.66. The summed E-state index contributed by atoms with van der Waals surface area (Å²) in [5, 5.41) is 13.0. The third kappa shape index (κ3) is 6.41. The van der Waals surface area contributed by atoms with Crippen molar-refractivity contribution in [2.75, 3.05) is 47.4 Å². The number of hydrogen-bond donors (Lipinski definition) is 2. The Hall–Kier alpha value is -3.58. The zero-order valence-corrected chi connectivity index (χ0v) is 25.1. The summed E-state index contributed by atoms with van der Waals surface area (Å²) in [6.45, 7) is 5.28. The lowest BCUT2D eigenvalue weighted by atomic mass is 9.52. The van der Waals surface area contributed by atoms with Gasteiger partial charge in [0.2, 0.25) is 0 Å². The second-order valence-electron chi connectivity index (χ2n) is 12.0. The van der Waals surface area contributed by atoms with Crippen molar-refractivity contribution in [1.82, 2.24) is 20.1 Å². The highest BCUT2D eigenvalue weighted by Crippen LogP contribution is 2.59. The molecule has 1 aromatic rings. The van der Waals surface area contributed by atoms with Crippen LogP contribution in [0.5, 0.6) is 0 Å². The number of fused-ring (bicyclic) bond motifs is 2. The number of pyridine rings is 1. The van der Waals surface area contributed by atoms with Gasteiger partial charge < -0.3 is 29.4 Å². The number of aldehydes is 1. The maximum Gasteiger partial charge on any atom is 0.407 e. The van der Waals surface area contributed by atoms with Crippen molar-refractivity contribution in [2.24, 2.45) is 16.7 Å². The van der Waals surface area contributed by atoms with E-state index in [9.17, 15) is 29.1 Å². The molecule has 232 valence electrons. The average Bonchev–Trinajstić information content (AvgIpc) is 2.92. The molecule has 3 rings (SSSR count). The zero-order chi connectivity index (χ0) is 31.3. The molecule has 2 fully saturated rings. The van der Waals surface area contributed by atoms with Crippen LogP contribution in [0, 0.1) is 16.7 Å². The van der Waals surface area contributed by atoms with Crippen LogP contribution in [0.2, 0.25) is 0 Å². The molecule has 1 aromatic heterocycles. The number of carboxylic acids is 1. The van der Waals surface area contributed by atoms with E-state index in [1.54, 1.807) is 62.0 Å². The first-order valence-electron chi connectivity index (χ1n) is 13.9. The average molecular weight is 591 g/mol. The van der Waals surface area contributed by atoms with E-state index in [-0.39, 0.29) is 32.6 Å². The first-order valence-corrected chi connectivity index (χ1v) is 13.9. The SMILES string of the molecule is COC(=O)C12CN(C)[C@H](c3ccccn3)C(C(=O)OC)(CN([C@@H](CCCCNC(=O)OC(C)(C)C)C(=O)O)C1)[C@H]2C=O. The molecule has 0 saturated carbocycles. The minimum absolute atomic E-state index is 0.0196. The number of nitrogens with zero attached hydrogens (tertiary/aromatic N) is 3. The second-order valence-corrected chi connectivity index (χ2v) is 12.0. The minimum atomic E-state index is -1.67. The maximum absolute atomic E-state index is 13.8. The van der Waals surface area contributed by atoms with Gasteiger partial charge in [-0.15, -0.1) is 0 Å². The summed E-state index contributed by atoms with van der Waals surface area (Å²) >= 11 is 0. The summed E-state index contributed by atoms with van der Waals surface area (Å²) in [7, 11) is 4.14. The quantitative estimate of drug-likeness (QED) is 0.166. The lowest BCUT2D eigenvalue weighted by Gasteiger charge is -2.62. The van der Waals surface area contributed by atoms with Gasteiger partial charge in [0.05, 0.1) is 31.9 Å². The van der Waals surface area contributed by atoms with Gasteiger partial charge in [-0.3, -0.25) is 29.2 Å². The number of ether oxygens (including phenoxy) is 3. The fourth-order valence-corrected chi connectivity index (χ4v) is 6.66. The molecule has 3 heterocycles. The summed E-state index contributed by atoms with van der Waals surface area (Å²) in [5.74, 6) is -3.77. The van der Waals surface area contributed by atoms with E-state index in [2.05, 4.69) is 10.3 Å². The number of aliphatic carboxylic acids is 1. The van der Waals surface area contributed by atoms with Crippen LogP contribution in [0.4, 0.5) is 4.79 Å². The van der Waals surface area contributed by atoms with Gasteiger partial charge in [-0.25, -0.2) is 4.79 Å². The topological polar surface area (TPSA) is 165 Å². The molecule has 1 amide bonds. The summed E-state index contributed by atoms with van der Waals surface area (Å²) < 4.78 is 15.7. The van der Waals surface area contributed by atoms with E-state index >= 15 is 0 Å². The Morgan fingerprint density at radius 3 is 2.36 bits per heavy atom. The molecule has 42 heavy (non-hydrogen) atoms. The Balaban J connectivity index is 1.98. The van der Waals surface area contributed by atoms with E-state index in [0.29, 0.717) is 24.8 Å². The Kier molecular flexibility index (Phi) is 10.3. The fourth-order valence-electron chi connectivity index (χ4n) is 6.66. The van der Waals surface area contributed by atoms with E-state index < -0.39 is 58.4 Å². The molecule has 13 nitrogen and oxygen atoms in total. The van der Waals surface area contributed by atoms with Gasteiger partial charge in [0.15, 0.2) is 0 Å². The van der Waals surface area contributed by atoms with Crippen LogP contribution in [0.15, 0.2) is 24.4 Å². The van der Waals surface area contributed by atoms with Crippen molar-refractivity contribution < 1.29 is 43.3 Å². The summed E-state index contributed by atoms with van der Waals surface area (Å²) in [4.78, 5) is 72.7. The number of nitrogens with one attached hydrogen (secondary N) is 1. The van der Waals surface area contributed by atoms with E-state index in [1.165, 1.54) is 14.2 Å². The number of amides is 1. The standard InChI is InChI=1S/C29H42N4O9/c1-27(2,3)42-26(39)31-14-10-8-12-20(23(35)36)33-17-28(24(37)40-5)16-32(4)22(19-11-7-9-13-30-19)29(18-33,21(28)15-34)25(38)41-6/h7,9,11,13,15,20-22H,8,10,12,14,16-18H2,1-6H3,(H,31,39)(H,35,36)/t20-,21-,22+,28?,29?/m0/s1. The molecule has 0 radical (unpaired) electrons. The molecular formula is C29H42N4O9. The van der Waals surface area contributed by atoms with Crippen molar-refractivity contribution in [3.05, 3.63) is 30.1 Å². The van der Waals surface area contributed by atoms with Crippen molar-refractivity contribution >= 4 is 30.3 Å². The Bertz CT molecular complexity index is 1160. The third-order valence-corrected chi connectivity index (χ3v) is 8.12. The number of carbonyl (C=O) groups is 5. The molecule has 2 bridgehead atoms. The molecule has 2 aliphatic rings. The van der Waals surface area contributed by atoms with Gasteiger partial charge >= 0.3 is 24.0 Å². The van der Waals surface area contributed by atoms with Crippen molar-refractivity contribution in [1.29, 1.82) is 0 Å². The molecule has 5 atom stereocenters. The molecule has 0 aliphatic carbocycles. The molecule has 2 aliphatic heterocycles. The van der Waals surface area contributed by atoms with Crippen molar-refractivity contribution in [3.63, 3.8) is 0 Å². The highest BCUT2D eigenvalue weighted by molar-refractivity contribution is 5.90. The number of carboxylic acid groups (broad SMARTS) is 1. The predicted molar refractivity (Wildman–Crippen MR) is 149 cm³/mol. The van der Waals surface area contributed by atoms with Crippen LogP contribution in [0.1, 0.15) is 51.8 Å². The van der Waals surface area contributed by atoms with Crippen molar-refractivity contribution in [2.45, 2.75) is 57.7 Å². The molecule has 0 aromatic carbocycles. The number of rotatable bonds is 11. The Labute approximate surface area is 245 Å². The van der Waals surface area contributed by atoms with Gasteiger partial charge in [0.1, 0.15) is 28.8 Å². The Morgan fingerprint density at radius 1 is 1.12 bits per heavy atom. The maximum atomic E-state index is 13.8. The van der Waals surface area contributed by atoms with E-state index in [0.717, 1.165) is 0 Å². The monoisotopic (exact) mass is 590 g/mol. The number of piperidine rings is 2. The smallest absolute Gasteiger partial charge is 0.407 e. The lowest BCUT2D eigenvalue weighted by molar-refractivity contribution is -0.215. The van der Waals surface area contributed by atoms with Gasteiger partial charge in [0.25, 0.3) is 0 Å².